The molecule has 0 unspecified atom stereocenters. The number of ether oxygens (including phenoxy) is 1. The zero-order valence-electron chi connectivity index (χ0n) is 13.8. The molecule has 0 bridgehead atoms. The Morgan fingerprint density at radius 2 is 1.96 bits per heavy atom. The summed E-state index contributed by atoms with van der Waals surface area (Å²) >= 11 is 0. The normalized spacial score (nSPS) is 12.6. The highest BCUT2D eigenvalue weighted by Gasteiger charge is 2.25. The maximum Gasteiger partial charge on any atom is 0.273 e. The molecule has 25 heavy (non-hydrogen) atoms. The average molecular weight is 368 g/mol. The van der Waals surface area contributed by atoms with E-state index < -0.39 is 26.8 Å². The van der Waals surface area contributed by atoms with Crippen molar-refractivity contribution in [2.45, 2.75) is 24.8 Å². The molecule has 1 N–H and O–H groups in total. The molecule has 134 valence electrons. The number of sulfonamides is 1. The summed E-state index contributed by atoms with van der Waals surface area (Å²) in [6, 6.07) is 7.18. The van der Waals surface area contributed by atoms with E-state index >= 15 is 0 Å². The molecular formula is C16H17FN2O5S. The number of nitrogens with one attached hydrogen (secondary N) is 1. The predicted octanol–water partition coefficient (Wildman–Crippen LogP) is 3.09. The van der Waals surface area contributed by atoms with Crippen LogP contribution in [-0.4, -0.2) is 20.5 Å². The summed E-state index contributed by atoms with van der Waals surface area (Å²) in [5.41, 5.74) is 0.143. The largest absolute Gasteiger partial charge is 0.494 e. The van der Waals surface area contributed by atoms with Crippen LogP contribution in [0.15, 0.2) is 41.3 Å². The van der Waals surface area contributed by atoms with Crippen LogP contribution in [0.25, 0.3) is 0 Å². The van der Waals surface area contributed by atoms with Crippen LogP contribution in [-0.2, 0) is 10.0 Å². The topological polar surface area (TPSA) is 98.5 Å². The van der Waals surface area contributed by atoms with Crippen molar-refractivity contribution in [3.8, 4) is 5.75 Å². The number of rotatable bonds is 6. The Kier molecular flexibility index (Phi) is 5.39. The van der Waals surface area contributed by atoms with E-state index in [2.05, 4.69) is 4.72 Å². The van der Waals surface area contributed by atoms with Crippen LogP contribution in [0.5, 0.6) is 5.75 Å². The highest BCUT2D eigenvalue weighted by molar-refractivity contribution is 7.89. The van der Waals surface area contributed by atoms with Crippen molar-refractivity contribution in [1.29, 1.82) is 0 Å². The van der Waals surface area contributed by atoms with Crippen molar-refractivity contribution in [3.05, 3.63) is 63.5 Å². The Morgan fingerprint density at radius 3 is 2.52 bits per heavy atom. The quantitative estimate of drug-likeness (QED) is 0.624. The lowest BCUT2D eigenvalue weighted by molar-refractivity contribution is -0.385. The minimum Gasteiger partial charge on any atom is -0.494 e. The lowest BCUT2D eigenvalue weighted by Gasteiger charge is -2.16. The molecule has 0 fully saturated rings. The van der Waals surface area contributed by atoms with Gasteiger partial charge in [0.1, 0.15) is 0 Å². The molecule has 0 radical (unpaired) electrons. The third-order valence-electron chi connectivity index (χ3n) is 3.75. The molecule has 0 aliphatic carbocycles. The van der Waals surface area contributed by atoms with Gasteiger partial charge in [-0.05, 0) is 37.6 Å². The van der Waals surface area contributed by atoms with E-state index in [0.29, 0.717) is 5.56 Å². The van der Waals surface area contributed by atoms with Crippen LogP contribution in [0.3, 0.4) is 0 Å². The Labute approximate surface area is 144 Å². The predicted molar refractivity (Wildman–Crippen MR) is 89.5 cm³/mol. The molecule has 0 aliphatic rings. The second-order valence-electron chi connectivity index (χ2n) is 5.39. The molecule has 0 heterocycles. The molecule has 0 amide bonds. The van der Waals surface area contributed by atoms with Crippen molar-refractivity contribution in [1.82, 2.24) is 4.72 Å². The van der Waals surface area contributed by atoms with Gasteiger partial charge in [-0.3, -0.25) is 10.1 Å². The Hall–Kier alpha value is -2.52. The molecule has 0 aromatic heterocycles. The number of hydrogen-bond acceptors (Lipinski definition) is 5. The summed E-state index contributed by atoms with van der Waals surface area (Å²) in [5.74, 6) is -0.564. The number of nitro benzene ring substituents is 1. The molecule has 2 aromatic carbocycles. The van der Waals surface area contributed by atoms with E-state index in [1.165, 1.54) is 50.4 Å². The molecular weight excluding hydrogens is 351 g/mol. The Bertz CT molecular complexity index is 915. The van der Waals surface area contributed by atoms with E-state index in [0.717, 1.165) is 0 Å². The monoisotopic (exact) mass is 368 g/mol. The van der Waals surface area contributed by atoms with E-state index in [1.54, 1.807) is 6.92 Å². The SMILES string of the molecule is COc1ccc([C@@H](C)NS(=O)(=O)c2cccc([N+](=O)[O-])c2C)cc1F. The number of halogens is 1. The highest BCUT2D eigenvalue weighted by atomic mass is 32.2. The second kappa shape index (κ2) is 7.16. The molecule has 0 saturated carbocycles. The number of nitro groups is 1. The first kappa shape index (κ1) is 18.8. The van der Waals surface area contributed by atoms with Crippen molar-refractivity contribution in [2.24, 2.45) is 0 Å². The van der Waals surface area contributed by atoms with Gasteiger partial charge in [0.15, 0.2) is 11.6 Å². The molecule has 9 heteroatoms. The van der Waals surface area contributed by atoms with Gasteiger partial charge in [0.05, 0.1) is 16.9 Å². The van der Waals surface area contributed by atoms with Crippen molar-refractivity contribution in [3.63, 3.8) is 0 Å². The molecule has 0 spiro atoms. The zero-order valence-corrected chi connectivity index (χ0v) is 14.6. The molecule has 7 nitrogen and oxygen atoms in total. The lowest BCUT2D eigenvalue weighted by Crippen LogP contribution is -2.27. The van der Waals surface area contributed by atoms with Crippen LogP contribution < -0.4 is 9.46 Å². The number of hydrogen-bond donors (Lipinski definition) is 1. The van der Waals surface area contributed by atoms with Gasteiger partial charge in [-0.2, -0.15) is 0 Å². The van der Waals surface area contributed by atoms with Gasteiger partial charge in [0.2, 0.25) is 10.0 Å². The first-order valence-corrected chi connectivity index (χ1v) is 8.75. The standard InChI is InChI=1S/C16H17FN2O5S/c1-10-14(19(20)21)5-4-6-16(10)25(22,23)18-11(2)12-7-8-15(24-3)13(17)9-12/h4-9,11,18H,1-3H3/t11-/m1/s1. The number of methoxy groups -OCH3 is 1. The summed E-state index contributed by atoms with van der Waals surface area (Å²) in [6.45, 7) is 2.91. The van der Waals surface area contributed by atoms with Crippen molar-refractivity contribution < 1.29 is 22.5 Å². The fraction of sp³-hybridized carbons (Fsp3) is 0.250. The third kappa shape index (κ3) is 3.94. The van der Waals surface area contributed by atoms with E-state index in [1.807, 2.05) is 0 Å². The van der Waals surface area contributed by atoms with Gasteiger partial charge in [-0.25, -0.2) is 17.5 Å². The van der Waals surface area contributed by atoms with E-state index in [4.69, 9.17) is 4.74 Å². The van der Waals surface area contributed by atoms with Gasteiger partial charge in [-0.1, -0.05) is 12.1 Å². The summed E-state index contributed by atoms with van der Waals surface area (Å²) in [7, 11) is -2.70. The van der Waals surface area contributed by atoms with Gasteiger partial charge >= 0.3 is 0 Å². The van der Waals surface area contributed by atoms with Gasteiger partial charge in [0, 0.05) is 17.7 Å². The molecule has 1 atom stereocenters. The van der Waals surface area contributed by atoms with Crippen LogP contribution >= 0.6 is 0 Å². The van der Waals surface area contributed by atoms with Gasteiger partial charge < -0.3 is 4.74 Å². The fourth-order valence-corrected chi connectivity index (χ4v) is 3.90. The van der Waals surface area contributed by atoms with E-state index in [-0.39, 0.29) is 21.9 Å². The van der Waals surface area contributed by atoms with Gasteiger partial charge in [0.25, 0.3) is 5.69 Å². The van der Waals surface area contributed by atoms with Crippen LogP contribution in [0.4, 0.5) is 10.1 Å². The Balaban J connectivity index is 2.34. The lowest BCUT2D eigenvalue weighted by atomic mass is 10.1. The number of benzene rings is 2. The summed E-state index contributed by atoms with van der Waals surface area (Å²) < 4.78 is 46.2. The minimum absolute atomic E-state index is 0.0353. The highest BCUT2D eigenvalue weighted by Crippen LogP contribution is 2.27. The first-order chi connectivity index (χ1) is 11.7. The van der Waals surface area contributed by atoms with Crippen LogP contribution in [0.2, 0.25) is 0 Å². The fourth-order valence-electron chi connectivity index (χ4n) is 2.41. The number of nitrogens with zero attached hydrogens (tertiary/aromatic N) is 1. The van der Waals surface area contributed by atoms with Gasteiger partial charge in [-0.15, -0.1) is 0 Å². The van der Waals surface area contributed by atoms with Crippen LogP contribution in [0, 0.1) is 22.9 Å². The van der Waals surface area contributed by atoms with E-state index in [9.17, 15) is 22.9 Å². The smallest absolute Gasteiger partial charge is 0.273 e. The third-order valence-corrected chi connectivity index (χ3v) is 5.43. The molecule has 0 aliphatic heterocycles. The average Bonchev–Trinajstić information content (AvgIpc) is 2.54. The maximum absolute atomic E-state index is 13.8. The maximum atomic E-state index is 13.8. The first-order valence-electron chi connectivity index (χ1n) is 7.27. The molecule has 2 aromatic rings. The summed E-state index contributed by atoms with van der Waals surface area (Å²) in [5, 5.41) is 11.0. The second-order valence-corrected chi connectivity index (χ2v) is 7.08. The Morgan fingerprint density at radius 1 is 1.28 bits per heavy atom. The van der Waals surface area contributed by atoms with Crippen molar-refractivity contribution >= 4 is 15.7 Å². The van der Waals surface area contributed by atoms with Crippen molar-refractivity contribution in [2.75, 3.05) is 7.11 Å². The summed E-state index contributed by atoms with van der Waals surface area (Å²) in [6.07, 6.45) is 0. The zero-order chi connectivity index (χ0) is 18.8. The molecule has 2 rings (SSSR count). The minimum atomic E-state index is -4.03. The van der Waals surface area contributed by atoms with Crippen LogP contribution in [0.1, 0.15) is 24.1 Å². The summed E-state index contributed by atoms with van der Waals surface area (Å²) in [4.78, 5) is 10.1. The molecule has 0 saturated heterocycles.